The summed E-state index contributed by atoms with van der Waals surface area (Å²) in [4.78, 5) is 0. The quantitative estimate of drug-likeness (QED) is 0.549. The number of rotatable bonds is 7. The van der Waals surface area contributed by atoms with Gasteiger partial charge in [-0.3, -0.25) is 0 Å². The average molecular weight is 390 g/mol. The smallest absolute Gasteiger partial charge is 0.199 e. The normalized spacial score (nSPS) is 30.2. The molecular formula is C21H26O7. The Morgan fingerprint density at radius 3 is 2.29 bits per heavy atom. The minimum Gasteiger partial charge on any atom is -0.497 e. The molecule has 0 bridgehead atoms. The Balaban J connectivity index is 1.77. The second-order valence-electron chi connectivity index (χ2n) is 6.91. The van der Waals surface area contributed by atoms with Crippen LogP contribution in [-0.2, 0) is 22.5 Å². The van der Waals surface area contributed by atoms with Gasteiger partial charge in [-0.25, -0.2) is 0 Å². The van der Waals surface area contributed by atoms with Gasteiger partial charge >= 0.3 is 0 Å². The molecule has 1 fully saturated rings. The molecule has 1 heterocycles. The van der Waals surface area contributed by atoms with Crippen LogP contribution >= 0.6 is 0 Å². The van der Waals surface area contributed by atoms with Crippen LogP contribution in [0.25, 0.3) is 0 Å². The lowest BCUT2D eigenvalue weighted by Gasteiger charge is -2.47. The zero-order valence-corrected chi connectivity index (χ0v) is 15.6. The molecule has 0 radical (unpaired) electrons. The van der Waals surface area contributed by atoms with Gasteiger partial charge in [0.05, 0.1) is 20.3 Å². The number of aliphatic hydroxyl groups is 4. The van der Waals surface area contributed by atoms with E-state index in [9.17, 15) is 20.4 Å². The minimum absolute atomic E-state index is 0.0490. The molecule has 0 aliphatic carbocycles. The average Bonchev–Trinajstić information content (AvgIpc) is 2.72. The van der Waals surface area contributed by atoms with Gasteiger partial charge < -0.3 is 34.6 Å². The van der Waals surface area contributed by atoms with E-state index in [4.69, 9.17) is 14.2 Å². The Morgan fingerprint density at radius 2 is 1.68 bits per heavy atom. The molecule has 0 aromatic heterocycles. The van der Waals surface area contributed by atoms with Crippen molar-refractivity contribution in [1.82, 2.24) is 0 Å². The van der Waals surface area contributed by atoms with Crippen LogP contribution in [0.5, 0.6) is 5.75 Å². The summed E-state index contributed by atoms with van der Waals surface area (Å²) >= 11 is 0. The van der Waals surface area contributed by atoms with Gasteiger partial charge in [-0.2, -0.15) is 0 Å². The van der Waals surface area contributed by atoms with Crippen molar-refractivity contribution in [1.29, 1.82) is 0 Å². The lowest BCUT2D eigenvalue weighted by molar-refractivity contribution is -0.354. The molecule has 28 heavy (non-hydrogen) atoms. The maximum atomic E-state index is 11.0. The molecule has 4 N–H and O–H groups in total. The van der Waals surface area contributed by atoms with Gasteiger partial charge in [0, 0.05) is 6.42 Å². The topological polar surface area (TPSA) is 109 Å². The van der Waals surface area contributed by atoms with Gasteiger partial charge in [-0.1, -0.05) is 42.5 Å². The maximum absolute atomic E-state index is 11.0. The third-order valence-electron chi connectivity index (χ3n) is 4.93. The molecule has 1 aliphatic heterocycles. The minimum atomic E-state index is -2.03. The Bertz CT molecular complexity index is 736. The summed E-state index contributed by atoms with van der Waals surface area (Å²) in [6.45, 7) is -0.388. The zero-order valence-electron chi connectivity index (χ0n) is 15.6. The van der Waals surface area contributed by atoms with Crippen LogP contribution < -0.4 is 4.74 Å². The molecule has 0 amide bonds. The van der Waals surface area contributed by atoms with Crippen LogP contribution in [0.1, 0.15) is 11.1 Å². The first-order valence-electron chi connectivity index (χ1n) is 9.12. The van der Waals surface area contributed by atoms with Crippen LogP contribution in [0.3, 0.4) is 0 Å². The number of aliphatic hydroxyl groups excluding tert-OH is 3. The number of benzene rings is 2. The lowest BCUT2D eigenvalue weighted by atomic mass is 9.88. The maximum Gasteiger partial charge on any atom is 0.199 e. The summed E-state index contributed by atoms with van der Waals surface area (Å²) in [6.07, 6.45) is -5.08. The molecule has 2 aromatic rings. The van der Waals surface area contributed by atoms with E-state index in [1.807, 2.05) is 30.3 Å². The molecular weight excluding hydrogens is 364 g/mol. The molecule has 1 saturated heterocycles. The predicted molar refractivity (Wildman–Crippen MR) is 101 cm³/mol. The van der Waals surface area contributed by atoms with Crippen molar-refractivity contribution in [3.63, 3.8) is 0 Å². The number of hydrogen-bond donors (Lipinski definition) is 4. The van der Waals surface area contributed by atoms with Crippen molar-refractivity contribution in [3.05, 3.63) is 65.7 Å². The number of hydrogen-bond acceptors (Lipinski definition) is 7. The van der Waals surface area contributed by atoms with E-state index in [1.54, 1.807) is 31.4 Å². The highest BCUT2D eigenvalue weighted by atomic mass is 16.7. The molecule has 3 rings (SSSR count). The SMILES string of the molecule is COc1ccc(C[C@@]2(O)O[C@H](CO)[C@@H](O)[C@H](OCc3ccccc3)[C@H]2O)cc1. The molecule has 5 atom stereocenters. The van der Waals surface area contributed by atoms with Crippen molar-refractivity contribution in [3.8, 4) is 5.75 Å². The lowest BCUT2D eigenvalue weighted by Crippen LogP contribution is -2.66. The van der Waals surface area contributed by atoms with Crippen molar-refractivity contribution in [2.24, 2.45) is 0 Å². The summed E-state index contributed by atoms with van der Waals surface area (Å²) in [5.41, 5.74) is 1.55. The number of ether oxygens (including phenoxy) is 3. The Morgan fingerprint density at radius 1 is 1.00 bits per heavy atom. The number of methoxy groups -OCH3 is 1. The first-order valence-corrected chi connectivity index (χ1v) is 9.12. The van der Waals surface area contributed by atoms with E-state index < -0.39 is 36.8 Å². The van der Waals surface area contributed by atoms with Gasteiger partial charge in [0.25, 0.3) is 0 Å². The highest BCUT2D eigenvalue weighted by molar-refractivity contribution is 5.28. The van der Waals surface area contributed by atoms with Crippen molar-refractivity contribution in [2.45, 2.75) is 43.2 Å². The summed E-state index contributed by atoms with van der Waals surface area (Å²) in [7, 11) is 1.55. The van der Waals surface area contributed by atoms with Crippen LogP contribution in [0, 0.1) is 0 Å². The van der Waals surface area contributed by atoms with Crippen LogP contribution in [-0.4, -0.2) is 64.3 Å². The summed E-state index contributed by atoms with van der Waals surface area (Å²) in [5.74, 6) is -1.36. The van der Waals surface area contributed by atoms with E-state index in [2.05, 4.69) is 0 Å². The summed E-state index contributed by atoms with van der Waals surface area (Å²) < 4.78 is 16.3. The standard InChI is InChI=1S/C21H26O7/c1-26-16-9-7-14(8-10-16)11-21(25)20(24)19(18(23)17(12-22)28-21)27-13-15-5-3-2-4-6-15/h2-10,17-20,22-25H,11-13H2,1H3/t17-,18-,19+,20-,21-/m1/s1. The second-order valence-corrected chi connectivity index (χ2v) is 6.91. The first-order chi connectivity index (χ1) is 13.5. The Labute approximate surface area is 163 Å². The summed E-state index contributed by atoms with van der Waals surface area (Å²) in [5, 5.41) is 41.8. The van der Waals surface area contributed by atoms with Crippen LogP contribution in [0.2, 0.25) is 0 Å². The van der Waals surface area contributed by atoms with Gasteiger partial charge in [0.2, 0.25) is 0 Å². The molecule has 152 valence electrons. The van der Waals surface area contributed by atoms with Crippen LogP contribution in [0.15, 0.2) is 54.6 Å². The first kappa shape index (κ1) is 20.7. The van der Waals surface area contributed by atoms with Gasteiger partial charge in [0.1, 0.15) is 30.2 Å². The van der Waals surface area contributed by atoms with Crippen molar-refractivity contribution >= 4 is 0 Å². The fourth-order valence-electron chi connectivity index (χ4n) is 3.34. The highest BCUT2D eigenvalue weighted by Crippen LogP contribution is 2.33. The van der Waals surface area contributed by atoms with E-state index in [-0.39, 0.29) is 13.0 Å². The molecule has 0 spiro atoms. The van der Waals surface area contributed by atoms with Crippen molar-refractivity contribution in [2.75, 3.05) is 13.7 Å². The van der Waals surface area contributed by atoms with Gasteiger partial charge in [0.15, 0.2) is 5.79 Å². The third-order valence-corrected chi connectivity index (χ3v) is 4.93. The monoisotopic (exact) mass is 390 g/mol. The van der Waals surface area contributed by atoms with Crippen LogP contribution in [0.4, 0.5) is 0 Å². The molecule has 7 heteroatoms. The van der Waals surface area contributed by atoms with Gasteiger partial charge in [-0.05, 0) is 23.3 Å². The third kappa shape index (κ3) is 4.52. The predicted octanol–water partition coefficient (Wildman–Crippen LogP) is 0.625. The molecule has 1 aliphatic rings. The van der Waals surface area contributed by atoms with Gasteiger partial charge in [-0.15, -0.1) is 0 Å². The Kier molecular flexibility index (Phi) is 6.66. The van der Waals surface area contributed by atoms with E-state index in [0.717, 1.165) is 5.56 Å². The van der Waals surface area contributed by atoms with E-state index in [1.165, 1.54) is 0 Å². The molecule has 0 saturated carbocycles. The fourth-order valence-corrected chi connectivity index (χ4v) is 3.34. The van der Waals surface area contributed by atoms with E-state index in [0.29, 0.717) is 11.3 Å². The zero-order chi connectivity index (χ0) is 20.1. The summed E-state index contributed by atoms with van der Waals surface area (Å²) in [6, 6.07) is 16.2. The van der Waals surface area contributed by atoms with E-state index >= 15 is 0 Å². The molecule has 2 aromatic carbocycles. The molecule has 0 unspecified atom stereocenters. The second kappa shape index (κ2) is 9.00. The fraction of sp³-hybridized carbons (Fsp3) is 0.429. The van der Waals surface area contributed by atoms with Crippen molar-refractivity contribution < 1.29 is 34.6 Å². The highest BCUT2D eigenvalue weighted by Gasteiger charge is 2.53. The molecule has 7 nitrogen and oxygen atoms in total. The largest absolute Gasteiger partial charge is 0.497 e. The Hall–Kier alpha value is -2.00.